The third-order valence-electron chi connectivity index (χ3n) is 4.58. The first-order valence-corrected chi connectivity index (χ1v) is 8.29. The molecule has 2 aromatic rings. The van der Waals surface area contributed by atoms with Crippen molar-refractivity contribution in [3.05, 3.63) is 52.8 Å². The van der Waals surface area contributed by atoms with E-state index in [1.807, 2.05) is 12.1 Å². The predicted molar refractivity (Wildman–Crippen MR) is 92.5 cm³/mol. The fourth-order valence-corrected chi connectivity index (χ4v) is 3.11. The lowest BCUT2D eigenvalue weighted by molar-refractivity contribution is 0.0607. The SMILES string of the molecule is Cc1ccccc1CN1CCN(C(=O)c2cn(C)nc2C(=O)O)CC1. The zero-order chi connectivity index (χ0) is 18.0. The van der Waals surface area contributed by atoms with Crippen molar-refractivity contribution >= 4 is 11.9 Å². The molecule has 0 saturated carbocycles. The molecule has 1 aliphatic rings. The molecule has 7 heteroatoms. The average Bonchev–Trinajstić information content (AvgIpc) is 2.99. The number of aromatic carboxylic acids is 1. The van der Waals surface area contributed by atoms with E-state index in [1.165, 1.54) is 22.0 Å². The number of amides is 1. The number of carboxylic acid groups (broad SMARTS) is 1. The van der Waals surface area contributed by atoms with Crippen LogP contribution in [0.15, 0.2) is 30.5 Å². The highest BCUT2D eigenvalue weighted by Gasteiger charge is 2.27. The number of hydrogen-bond acceptors (Lipinski definition) is 4. The molecule has 0 unspecified atom stereocenters. The second-order valence-electron chi connectivity index (χ2n) is 6.37. The number of nitrogens with zero attached hydrogens (tertiary/aromatic N) is 4. The van der Waals surface area contributed by atoms with Gasteiger partial charge in [0, 0.05) is 46.0 Å². The van der Waals surface area contributed by atoms with E-state index >= 15 is 0 Å². The van der Waals surface area contributed by atoms with Gasteiger partial charge in [-0.25, -0.2) is 4.79 Å². The first kappa shape index (κ1) is 17.2. The summed E-state index contributed by atoms with van der Waals surface area (Å²) in [7, 11) is 1.61. The van der Waals surface area contributed by atoms with Crippen molar-refractivity contribution in [3.63, 3.8) is 0 Å². The number of benzene rings is 1. The van der Waals surface area contributed by atoms with Gasteiger partial charge in [0.1, 0.15) is 0 Å². The van der Waals surface area contributed by atoms with Crippen LogP contribution in [0.4, 0.5) is 0 Å². The van der Waals surface area contributed by atoms with Gasteiger partial charge in [0.25, 0.3) is 5.91 Å². The van der Waals surface area contributed by atoms with E-state index in [0.717, 1.165) is 19.6 Å². The number of aromatic nitrogens is 2. The standard InChI is InChI=1S/C18H22N4O3/c1-13-5-3-4-6-14(13)11-21-7-9-22(10-8-21)17(23)15-12-20(2)19-16(15)18(24)25/h3-6,12H,7-11H2,1-2H3,(H,24,25). The maximum absolute atomic E-state index is 12.6. The number of carbonyl (C=O) groups excluding carboxylic acids is 1. The molecular formula is C18H22N4O3. The highest BCUT2D eigenvalue weighted by atomic mass is 16.4. The summed E-state index contributed by atoms with van der Waals surface area (Å²) in [5.41, 5.74) is 2.53. The van der Waals surface area contributed by atoms with Crippen molar-refractivity contribution in [1.29, 1.82) is 0 Å². The molecule has 0 aliphatic carbocycles. The molecule has 25 heavy (non-hydrogen) atoms. The smallest absolute Gasteiger partial charge is 0.357 e. The Labute approximate surface area is 146 Å². The molecule has 0 spiro atoms. The van der Waals surface area contributed by atoms with Crippen molar-refractivity contribution in [2.45, 2.75) is 13.5 Å². The van der Waals surface area contributed by atoms with Crippen molar-refractivity contribution in [2.75, 3.05) is 26.2 Å². The molecule has 0 radical (unpaired) electrons. The molecule has 0 bridgehead atoms. The van der Waals surface area contributed by atoms with E-state index in [1.54, 1.807) is 11.9 Å². The Morgan fingerprint density at radius 2 is 1.84 bits per heavy atom. The first-order chi connectivity index (χ1) is 12.0. The van der Waals surface area contributed by atoms with Crippen LogP contribution in [0.25, 0.3) is 0 Å². The number of piperazine rings is 1. The average molecular weight is 342 g/mol. The fourth-order valence-electron chi connectivity index (χ4n) is 3.11. The van der Waals surface area contributed by atoms with Crippen LogP contribution in [0.2, 0.25) is 0 Å². The molecule has 7 nitrogen and oxygen atoms in total. The molecular weight excluding hydrogens is 320 g/mol. The molecule has 1 aromatic carbocycles. The second-order valence-corrected chi connectivity index (χ2v) is 6.37. The molecule has 2 heterocycles. The highest BCUT2D eigenvalue weighted by molar-refractivity contribution is 6.03. The highest BCUT2D eigenvalue weighted by Crippen LogP contribution is 2.15. The van der Waals surface area contributed by atoms with E-state index in [4.69, 9.17) is 0 Å². The Morgan fingerprint density at radius 1 is 1.16 bits per heavy atom. The maximum atomic E-state index is 12.6. The summed E-state index contributed by atoms with van der Waals surface area (Å²) in [6, 6.07) is 8.30. The molecule has 132 valence electrons. The summed E-state index contributed by atoms with van der Waals surface area (Å²) in [6.07, 6.45) is 1.48. The molecule has 1 aromatic heterocycles. The topological polar surface area (TPSA) is 78.7 Å². The Hall–Kier alpha value is -2.67. The van der Waals surface area contributed by atoms with E-state index in [2.05, 4.69) is 29.1 Å². The van der Waals surface area contributed by atoms with E-state index in [9.17, 15) is 14.7 Å². The van der Waals surface area contributed by atoms with Gasteiger partial charge in [-0.15, -0.1) is 0 Å². The van der Waals surface area contributed by atoms with Crippen LogP contribution in [-0.2, 0) is 13.6 Å². The van der Waals surface area contributed by atoms with Gasteiger partial charge < -0.3 is 10.0 Å². The fraction of sp³-hybridized carbons (Fsp3) is 0.389. The van der Waals surface area contributed by atoms with Crippen molar-refractivity contribution in [3.8, 4) is 0 Å². The minimum absolute atomic E-state index is 0.155. The van der Waals surface area contributed by atoms with Crippen molar-refractivity contribution in [2.24, 2.45) is 7.05 Å². The second kappa shape index (κ2) is 7.06. The number of carboxylic acids is 1. The number of carbonyl (C=O) groups is 2. The quantitative estimate of drug-likeness (QED) is 0.908. The summed E-state index contributed by atoms with van der Waals surface area (Å²) in [5.74, 6) is -1.44. The van der Waals surface area contributed by atoms with Crippen LogP contribution < -0.4 is 0 Å². The number of rotatable bonds is 4. The molecule has 1 aliphatic heterocycles. The van der Waals surface area contributed by atoms with E-state index in [0.29, 0.717) is 13.1 Å². The molecule has 1 amide bonds. The maximum Gasteiger partial charge on any atom is 0.357 e. The van der Waals surface area contributed by atoms with Crippen molar-refractivity contribution in [1.82, 2.24) is 19.6 Å². The minimum Gasteiger partial charge on any atom is -0.476 e. The molecule has 3 rings (SSSR count). The van der Waals surface area contributed by atoms with Gasteiger partial charge >= 0.3 is 5.97 Å². The molecule has 1 N–H and O–H groups in total. The predicted octanol–water partition coefficient (Wildman–Crippen LogP) is 1.38. The summed E-state index contributed by atoms with van der Waals surface area (Å²) in [6.45, 7) is 5.66. The van der Waals surface area contributed by atoms with Gasteiger partial charge in [0.2, 0.25) is 0 Å². The molecule has 1 fully saturated rings. The Balaban J connectivity index is 1.63. The van der Waals surface area contributed by atoms with Crippen LogP contribution in [0.1, 0.15) is 32.0 Å². The Bertz CT molecular complexity index is 791. The van der Waals surface area contributed by atoms with Gasteiger partial charge in [-0.05, 0) is 18.1 Å². The van der Waals surface area contributed by atoms with Gasteiger partial charge in [0.15, 0.2) is 5.69 Å². The summed E-state index contributed by atoms with van der Waals surface area (Å²) >= 11 is 0. The summed E-state index contributed by atoms with van der Waals surface area (Å²) < 4.78 is 1.37. The number of aryl methyl sites for hydroxylation is 2. The molecule has 1 saturated heterocycles. The van der Waals surface area contributed by atoms with Gasteiger partial charge in [0.05, 0.1) is 5.56 Å². The van der Waals surface area contributed by atoms with E-state index in [-0.39, 0.29) is 17.2 Å². The summed E-state index contributed by atoms with van der Waals surface area (Å²) in [5, 5.41) is 13.1. The lowest BCUT2D eigenvalue weighted by Gasteiger charge is -2.34. The zero-order valence-corrected chi connectivity index (χ0v) is 14.5. The molecule has 0 atom stereocenters. The lowest BCUT2D eigenvalue weighted by atomic mass is 10.1. The van der Waals surface area contributed by atoms with Crippen molar-refractivity contribution < 1.29 is 14.7 Å². The van der Waals surface area contributed by atoms with E-state index < -0.39 is 5.97 Å². The lowest BCUT2D eigenvalue weighted by Crippen LogP contribution is -2.48. The normalized spacial score (nSPS) is 15.4. The van der Waals surface area contributed by atoms with Gasteiger partial charge in [-0.1, -0.05) is 24.3 Å². The Morgan fingerprint density at radius 3 is 2.48 bits per heavy atom. The van der Waals surface area contributed by atoms with Gasteiger partial charge in [-0.2, -0.15) is 5.10 Å². The van der Waals surface area contributed by atoms with Crippen LogP contribution in [0.5, 0.6) is 0 Å². The van der Waals surface area contributed by atoms with Crippen LogP contribution in [0, 0.1) is 6.92 Å². The third kappa shape index (κ3) is 3.71. The zero-order valence-electron chi connectivity index (χ0n) is 14.5. The monoisotopic (exact) mass is 342 g/mol. The largest absolute Gasteiger partial charge is 0.476 e. The first-order valence-electron chi connectivity index (χ1n) is 8.29. The van der Waals surface area contributed by atoms with Crippen LogP contribution in [-0.4, -0.2) is 62.7 Å². The van der Waals surface area contributed by atoms with Crippen LogP contribution in [0.3, 0.4) is 0 Å². The third-order valence-corrected chi connectivity index (χ3v) is 4.58. The van der Waals surface area contributed by atoms with Gasteiger partial charge in [-0.3, -0.25) is 14.4 Å². The minimum atomic E-state index is -1.18. The van der Waals surface area contributed by atoms with Crippen LogP contribution >= 0.6 is 0 Å². The number of hydrogen-bond donors (Lipinski definition) is 1. The summed E-state index contributed by atoms with van der Waals surface area (Å²) in [4.78, 5) is 27.9. The Kier molecular flexibility index (Phi) is 4.85.